The van der Waals surface area contributed by atoms with Crippen molar-refractivity contribution in [1.82, 2.24) is 5.32 Å². The van der Waals surface area contributed by atoms with Gasteiger partial charge >= 0.3 is 5.97 Å². The van der Waals surface area contributed by atoms with Gasteiger partial charge in [-0.1, -0.05) is 0 Å². The monoisotopic (exact) mass is 240 g/mol. The molecule has 0 aliphatic rings. The lowest BCUT2D eigenvalue weighted by Crippen LogP contribution is -2.43. The SMILES string of the molecule is Cc1cc(C(=O)N[C@H](CC(N)=O)C(=O)O)co1. The average Bonchev–Trinajstić information content (AvgIpc) is 2.63. The van der Waals surface area contributed by atoms with Gasteiger partial charge in [0.1, 0.15) is 18.1 Å². The molecule has 0 bridgehead atoms. The molecule has 1 atom stereocenters. The van der Waals surface area contributed by atoms with Gasteiger partial charge in [-0.05, 0) is 13.0 Å². The maximum atomic E-state index is 11.6. The number of amides is 2. The largest absolute Gasteiger partial charge is 0.480 e. The summed E-state index contributed by atoms with van der Waals surface area (Å²) in [4.78, 5) is 33.0. The van der Waals surface area contributed by atoms with E-state index in [0.29, 0.717) is 5.76 Å². The van der Waals surface area contributed by atoms with Gasteiger partial charge in [0.05, 0.1) is 12.0 Å². The molecule has 0 radical (unpaired) electrons. The number of aliphatic carboxylic acids is 1. The molecule has 0 spiro atoms. The van der Waals surface area contributed by atoms with Crippen LogP contribution in [0.3, 0.4) is 0 Å². The number of furan rings is 1. The van der Waals surface area contributed by atoms with E-state index in [1.54, 1.807) is 6.92 Å². The summed E-state index contributed by atoms with van der Waals surface area (Å²) >= 11 is 0. The predicted octanol–water partition coefficient (Wildman–Crippen LogP) is -0.354. The number of rotatable bonds is 5. The topological polar surface area (TPSA) is 123 Å². The molecule has 7 heteroatoms. The third-order valence-corrected chi connectivity index (χ3v) is 2.00. The van der Waals surface area contributed by atoms with E-state index in [9.17, 15) is 14.4 Å². The number of primary amides is 1. The van der Waals surface area contributed by atoms with E-state index in [0.717, 1.165) is 0 Å². The number of nitrogens with two attached hydrogens (primary N) is 1. The van der Waals surface area contributed by atoms with Crippen LogP contribution < -0.4 is 11.1 Å². The van der Waals surface area contributed by atoms with E-state index in [1.807, 2.05) is 0 Å². The lowest BCUT2D eigenvalue weighted by molar-refractivity contribution is -0.140. The Labute approximate surface area is 96.6 Å². The van der Waals surface area contributed by atoms with Gasteiger partial charge in [-0.2, -0.15) is 0 Å². The molecule has 1 aromatic rings. The Morgan fingerprint density at radius 1 is 1.53 bits per heavy atom. The molecule has 4 N–H and O–H groups in total. The number of nitrogens with one attached hydrogen (secondary N) is 1. The second-order valence-corrected chi connectivity index (χ2v) is 3.48. The third-order valence-electron chi connectivity index (χ3n) is 2.00. The molecule has 0 saturated heterocycles. The number of aryl methyl sites for hydroxylation is 1. The Hall–Kier alpha value is -2.31. The van der Waals surface area contributed by atoms with Crippen LogP contribution in [0.4, 0.5) is 0 Å². The van der Waals surface area contributed by atoms with Gasteiger partial charge in [0, 0.05) is 0 Å². The van der Waals surface area contributed by atoms with Gasteiger partial charge in [-0.3, -0.25) is 9.59 Å². The van der Waals surface area contributed by atoms with Crippen LogP contribution in [-0.2, 0) is 9.59 Å². The number of carbonyl (C=O) groups is 3. The van der Waals surface area contributed by atoms with Crippen molar-refractivity contribution in [2.45, 2.75) is 19.4 Å². The van der Waals surface area contributed by atoms with Crippen LogP contribution in [0.5, 0.6) is 0 Å². The fraction of sp³-hybridized carbons (Fsp3) is 0.300. The molecule has 7 nitrogen and oxygen atoms in total. The quantitative estimate of drug-likeness (QED) is 0.649. The molecular formula is C10H12N2O5. The van der Waals surface area contributed by atoms with Crippen molar-refractivity contribution in [3.63, 3.8) is 0 Å². The van der Waals surface area contributed by atoms with Crippen molar-refractivity contribution in [1.29, 1.82) is 0 Å². The smallest absolute Gasteiger partial charge is 0.326 e. The van der Waals surface area contributed by atoms with Crippen LogP contribution in [0.25, 0.3) is 0 Å². The first-order valence-corrected chi connectivity index (χ1v) is 4.77. The summed E-state index contributed by atoms with van der Waals surface area (Å²) in [6.45, 7) is 1.65. The molecule has 0 unspecified atom stereocenters. The highest BCUT2D eigenvalue weighted by Gasteiger charge is 2.23. The molecule has 1 heterocycles. The van der Waals surface area contributed by atoms with Gasteiger partial charge in [0.25, 0.3) is 5.91 Å². The van der Waals surface area contributed by atoms with Crippen LogP contribution >= 0.6 is 0 Å². The Morgan fingerprint density at radius 2 is 2.18 bits per heavy atom. The van der Waals surface area contributed by atoms with Crippen LogP contribution in [0.1, 0.15) is 22.5 Å². The van der Waals surface area contributed by atoms with Gasteiger partial charge in [-0.15, -0.1) is 0 Å². The highest BCUT2D eigenvalue weighted by molar-refractivity contribution is 5.97. The second kappa shape index (κ2) is 5.15. The first-order valence-electron chi connectivity index (χ1n) is 4.77. The van der Waals surface area contributed by atoms with Crippen molar-refractivity contribution < 1.29 is 23.9 Å². The van der Waals surface area contributed by atoms with E-state index in [1.165, 1.54) is 12.3 Å². The molecule has 0 fully saturated rings. The molecule has 0 aromatic carbocycles. The Bertz CT molecular complexity index is 451. The van der Waals surface area contributed by atoms with Crippen LogP contribution in [0.15, 0.2) is 16.7 Å². The summed E-state index contributed by atoms with van der Waals surface area (Å²) < 4.78 is 4.91. The number of carboxylic acid groups (broad SMARTS) is 1. The number of carbonyl (C=O) groups excluding carboxylic acids is 2. The Kier molecular flexibility index (Phi) is 3.86. The van der Waals surface area contributed by atoms with Crippen molar-refractivity contribution >= 4 is 17.8 Å². The van der Waals surface area contributed by atoms with Crippen molar-refractivity contribution in [2.24, 2.45) is 5.73 Å². The molecule has 0 saturated carbocycles. The minimum atomic E-state index is -1.34. The first kappa shape index (κ1) is 12.8. The van der Waals surface area contributed by atoms with Crippen molar-refractivity contribution in [3.8, 4) is 0 Å². The molecular weight excluding hydrogens is 228 g/mol. The summed E-state index contributed by atoms with van der Waals surface area (Å²) in [7, 11) is 0. The van der Waals surface area contributed by atoms with Crippen LogP contribution in [0.2, 0.25) is 0 Å². The van der Waals surface area contributed by atoms with Crippen molar-refractivity contribution in [3.05, 3.63) is 23.7 Å². The molecule has 0 aliphatic carbocycles. The number of carboxylic acids is 1. The second-order valence-electron chi connectivity index (χ2n) is 3.48. The minimum absolute atomic E-state index is 0.193. The zero-order valence-electron chi connectivity index (χ0n) is 9.10. The van der Waals surface area contributed by atoms with E-state index in [-0.39, 0.29) is 5.56 Å². The zero-order valence-corrected chi connectivity index (χ0v) is 9.10. The summed E-state index contributed by atoms with van der Waals surface area (Å²) in [6, 6.07) is 0.119. The maximum absolute atomic E-state index is 11.6. The van der Waals surface area contributed by atoms with E-state index in [2.05, 4.69) is 5.32 Å². The number of hydrogen-bond donors (Lipinski definition) is 3. The fourth-order valence-electron chi connectivity index (χ4n) is 1.21. The molecule has 17 heavy (non-hydrogen) atoms. The summed E-state index contributed by atoms with van der Waals surface area (Å²) in [5.41, 5.74) is 5.07. The lowest BCUT2D eigenvalue weighted by atomic mass is 10.2. The average molecular weight is 240 g/mol. The standard InChI is InChI=1S/C10H12N2O5/c1-5-2-6(4-17-5)9(14)12-7(10(15)16)3-8(11)13/h2,4,7H,3H2,1H3,(H2,11,13)(H,12,14)(H,15,16)/t7-/m1/s1. The van der Waals surface area contributed by atoms with E-state index < -0.39 is 30.2 Å². The van der Waals surface area contributed by atoms with E-state index >= 15 is 0 Å². The van der Waals surface area contributed by atoms with Crippen LogP contribution in [-0.4, -0.2) is 28.9 Å². The summed E-state index contributed by atoms with van der Waals surface area (Å²) in [5, 5.41) is 11.0. The van der Waals surface area contributed by atoms with Gasteiger partial charge < -0.3 is 20.6 Å². The zero-order chi connectivity index (χ0) is 13.0. The third kappa shape index (κ3) is 3.63. The van der Waals surface area contributed by atoms with Gasteiger partial charge in [-0.25, -0.2) is 4.79 Å². The molecule has 2 amide bonds. The predicted molar refractivity (Wildman–Crippen MR) is 56.1 cm³/mol. The summed E-state index contributed by atoms with van der Waals surface area (Å²) in [5.74, 6) is -2.23. The van der Waals surface area contributed by atoms with Crippen LogP contribution in [0, 0.1) is 6.92 Å². The Balaban J connectivity index is 2.70. The molecule has 1 aromatic heterocycles. The van der Waals surface area contributed by atoms with Crippen molar-refractivity contribution in [2.75, 3.05) is 0 Å². The minimum Gasteiger partial charge on any atom is -0.480 e. The fourth-order valence-corrected chi connectivity index (χ4v) is 1.21. The first-order chi connectivity index (χ1) is 7.90. The molecule has 92 valence electrons. The lowest BCUT2D eigenvalue weighted by Gasteiger charge is -2.11. The summed E-state index contributed by atoms with van der Waals surface area (Å²) in [6.07, 6.45) is 0.742. The normalized spacial score (nSPS) is 11.8. The highest BCUT2D eigenvalue weighted by atomic mass is 16.4. The number of hydrogen-bond acceptors (Lipinski definition) is 4. The highest BCUT2D eigenvalue weighted by Crippen LogP contribution is 2.06. The molecule has 1 rings (SSSR count). The Morgan fingerprint density at radius 3 is 2.59 bits per heavy atom. The van der Waals surface area contributed by atoms with E-state index in [4.69, 9.17) is 15.3 Å². The maximum Gasteiger partial charge on any atom is 0.326 e. The van der Waals surface area contributed by atoms with Gasteiger partial charge in [0.15, 0.2) is 0 Å². The molecule has 0 aliphatic heterocycles. The van der Waals surface area contributed by atoms with Gasteiger partial charge in [0.2, 0.25) is 5.91 Å².